The summed E-state index contributed by atoms with van der Waals surface area (Å²) in [5, 5.41) is 3.70. The van der Waals surface area contributed by atoms with Gasteiger partial charge in [-0.3, -0.25) is 4.79 Å². The summed E-state index contributed by atoms with van der Waals surface area (Å²) in [4.78, 5) is 13.4. The van der Waals surface area contributed by atoms with E-state index in [0.29, 0.717) is 17.4 Å². The molecule has 2 aromatic rings. The van der Waals surface area contributed by atoms with Crippen LogP contribution in [0.25, 0.3) is 0 Å². The highest BCUT2D eigenvalue weighted by Gasteiger charge is 2.31. The molecule has 2 aromatic carbocycles. The van der Waals surface area contributed by atoms with E-state index in [-0.39, 0.29) is 13.3 Å². The molecular weight excluding hydrogens is 354 g/mol. The summed E-state index contributed by atoms with van der Waals surface area (Å²) in [7, 11) is 0. The Hall–Kier alpha value is -3.00. The maximum absolute atomic E-state index is 11.6. The summed E-state index contributed by atoms with van der Waals surface area (Å²) >= 11 is 5.54. The number of nitrogens with two attached hydrogens (primary N) is 1. The van der Waals surface area contributed by atoms with E-state index < -0.39 is 12.0 Å². The first kappa shape index (κ1) is 16.5. The number of fused-ring (bicyclic) bond motifs is 2. The van der Waals surface area contributed by atoms with Crippen molar-refractivity contribution < 1.29 is 19.0 Å². The Morgan fingerprint density at radius 1 is 1.19 bits per heavy atom. The highest BCUT2D eigenvalue weighted by molar-refractivity contribution is 7.80. The van der Waals surface area contributed by atoms with Gasteiger partial charge in [-0.25, -0.2) is 0 Å². The summed E-state index contributed by atoms with van der Waals surface area (Å²) in [6.07, 6.45) is -0.754. The van der Waals surface area contributed by atoms with Crippen LogP contribution in [-0.2, 0) is 11.3 Å². The molecule has 2 heterocycles. The molecule has 2 aliphatic rings. The average Bonchev–Trinajstić information content (AvgIpc) is 3.13. The minimum Gasteiger partial charge on any atom is -0.477 e. The zero-order valence-electron chi connectivity index (χ0n) is 13.8. The number of rotatable bonds is 3. The SMILES string of the molecule is NC(=O)[C@@H]1CN(C(=S)NCc2ccc3c(c2)OCO3)c2ccccc2O1. The molecule has 7 nitrogen and oxygen atoms in total. The van der Waals surface area contributed by atoms with Gasteiger partial charge in [0.2, 0.25) is 6.79 Å². The summed E-state index contributed by atoms with van der Waals surface area (Å²) < 4.78 is 16.4. The molecule has 0 spiro atoms. The van der Waals surface area contributed by atoms with Gasteiger partial charge in [0.25, 0.3) is 5.91 Å². The fraction of sp³-hybridized carbons (Fsp3) is 0.222. The second-order valence-corrected chi connectivity index (χ2v) is 6.32. The van der Waals surface area contributed by atoms with Crippen LogP contribution in [0.2, 0.25) is 0 Å². The third-order valence-electron chi connectivity index (χ3n) is 4.22. The molecule has 2 aliphatic heterocycles. The minimum absolute atomic E-state index is 0.240. The Labute approximate surface area is 155 Å². The van der Waals surface area contributed by atoms with Gasteiger partial charge in [0.1, 0.15) is 5.75 Å². The van der Waals surface area contributed by atoms with Gasteiger partial charge in [0.15, 0.2) is 22.7 Å². The van der Waals surface area contributed by atoms with Gasteiger partial charge in [-0.05, 0) is 42.0 Å². The van der Waals surface area contributed by atoms with E-state index in [1.807, 2.05) is 41.3 Å². The van der Waals surface area contributed by atoms with Gasteiger partial charge in [0, 0.05) is 6.54 Å². The average molecular weight is 371 g/mol. The lowest BCUT2D eigenvalue weighted by molar-refractivity contribution is -0.124. The normalized spacial score (nSPS) is 17.2. The first-order valence-corrected chi connectivity index (χ1v) is 8.51. The van der Waals surface area contributed by atoms with Crippen LogP contribution in [0.1, 0.15) is 5.56 Å². The highest BCUT2D eigenvalue weighted by atomic mass is 32.1. The zero-order chi connectivity index (χ0) is 18.1. The molecule has 0 bridgehead atoms. The smallest absolute Gasteiger partial charge is 0.260 e. The van der Waals surface area contributed by atoms with Crippen molar-refractivity contribution in [2.24, 2.45) is 5.73 Å². The number of nitrogens with one attached hydrogen (secondary N) is 1. The summed E-state index contributed by atoms with van der Waals surface area (Å²) in [6, 6.07) is 13.1. The highest BCUT2D eigenvalue weighted by Crippen LogP contribution is 2.34. The van der Waals surface area contributed by atoms with Crippen LogP contribution < -0.4 is 30.2 Å². The molecule has 1 amide bonds. The number of amides is 1. The number of anilines is 1. The first-order chi connectivity index (χ1) is 12.6. The second kappa shape index (κ2) is 6.72. The van der Waals surface area contributed by atoms with E-state index >= 15 is 0 Å². The van der Waals surface area contributed by atoms with Crippen molar-refractivity contribution in [1.29, 1.82) is 0 Å². The zero-order valence-corrected chi connectivity index (χ0v) is 14.6. The molecule has 8 heteroatoms. The number of hydrogen-bond donors (Lipinski definition) is 2. The van der Waals surface area contributed by atoms with Crippen molar-refractivity contribution in [2.45, 2.75) is 12.6 Å². The Balaban J connectivity index is 1.49. The first-order valence-electron chi connectivity index (χ1n) is 8.11. The molecular formula is C18H17N3O4S. The van der Waals surface area contributed by atoms with E-state index in [9.17, 15) is 4.79 Å². The number of ether oxygens (including phenoxy) is 3. The Morgan fingerprint density at radius 3 is 2.85 bits per heavy atom. The lowest BCUT2D eigenvalue weighted by Gasteiger charge is -2.35. The second-order valence-electron chi connectivity index (χ2n) is 5.93. The number of benzene rings is 2. The van der Waals surface area contributed by atoms with Crippen LogP contribution in [0.4, 0.5) is 5.69 Å². The van der Waals surface area contributed by atoms with Crippen molar-refractivity contribution in [3.63, 3.8) is 0 Å². The van der Waals surface area contributed by atoms with Crippen LogP contribution in [-0.4, -0.2) is 30.5 Å². The van der Waals surface area contributed by atoms with Gasteiger partial charge >= 0.3 is 0 Å². The largest absolute Gasteiger partial charge is 0.477 e. The minimum atomic E-state index is -0.754. The van der Waals surface area contributed by atoms with Crippen LogP contribution in [0, 0.1) is 0 Å². The summed E-state index contributed by atoms with van der Waals surface area (Å²) in [6.45, 7) is 1.01. The number of carbonyl (C=O) groups is 1. The number of nitrogens with zero attached hydrogens (tertiary/aromatic N) is 1. The topological polar surface area (TPSA) is 86.1 Å². The predicted octanol–water partition coefficient (Wildman–Crippen LogP) is 1.54. The fourth-order valence-corrected chi connectivity index (χ4v) is 3.14. The Kier molecular flexibility index (Phi) is 4.26. The number of thiocarbonyl (C=S) groups is 1. The van der Waals surface area contributed by atoms with Crippen LogP contribution >= 0.6 is 12.2 Å². The van der Waals surface area contributed by atoms with Gasteiger partial charge in [-0.1, -0.05) is 18.2 Å². The number of carbonyl (C=O) groups excluding carboxylic acids is 1. The molecule has 0 fully saturated rings. The molecule has 1 atom stereocenters. The maximum atomic E-state index is 11.6. The van der Waals surface area contributed by atoms with Crippen molar-refractivity contribution in [2.75, 3.05) is 18.2 Å². The molecule has 0 unspecified atom stereocenters. The molecule has 0 aliphatic carbocycles. The van der Waals surface area contributed by atoms with Gasteiger partial charge < -0.3 is 30.2 Å². The lowest BCUT2D eigenvalue weighted by atomic mass is 10.2. The Morgan fingerprint density at radius 2 is 2.00 bits per heavy atom. The number of para-hydroxylation sites is 2. The van der Waals surface area contributed by atoms with E-state index in [1.54, 1.807) is 6.07 Å². The van der Waals surface area contributed by atoms with Gasteiger partial charge in [-0.2, -0.15) is 0 Å². The molecule has 134 valence electrons. The van der Waals surface area contributed by atoms with Crippen molar-refractivity contribution in [3.05, 3.63) is 48.0 Å². The van der Waals surface area contributed by atoms with E-state index in [2.05, 4.69) is 5.32 Å². The predicted molar refractivity (Wildman–Crippen MR) is 99.4 cm³/mol. The van der Waals surface area contributed by atoms with Gasteiger partial charge in [0.05, 0.1) is 12.2 Å². The maximum Gasteiger partial charge on any atom is 0.260 e. The Bertz CT molecular complexity index is 873. The van der Waals surface area contributed by atoms with Crippen molar-refractivity contribution in [3.8, 4) is 17.2 Å². The third-order valence-corrected chi connectivity index (χ3v) is 4.58. The quantitative estimate of drug-likeness (QED) is 0.792. The number of primary amides is 1. The molecule has 26 heavy (non-hydrogen) atoms. The molecule has 0 saturated heterocycles. The molecule has 0 radical (unpaired) electrons. The van der Waals surface area contributed by atoms with Crippen molar-refractivity contribution in [1.82, 2.24) is 5.32 Å². The summed E-state index contributed by atoms with van der Waals surface area (Å²) in [5.41, 5.74) is 7.23. The van der Waals surface area contributed by atoms with Crippen LogP contribution in [0.3, 0.4) is 0 Å². The molecule has 3 N–H and O–H groups in total. The molecule has 4 rings (SSSR count). The molecule has 0 saturated carbocycles. The van der Waals surface area contributed by atoms with E-state index in [4.69, 9.17) is 32.2 Å². The standard InChI is InChI=1S/C18H17N3O4S/c19-17(22)16-9-21(12-3-1-2-4-13(12)25-16)18(26)20-8-11-5-6-14-15(7-11)24-10-23-14/h1-7,16H,8-10H2,(H2,19,22)(H,20,26)/t16-/m0/s1. The van der Waals surface area contributed by atoms with Gasteiger partial charge in [-0.15, -0.1) is 0 Å². The monoisotopic (exact) mass is 371 g/mol. The summed E-state index contributed by atoms with van der Waals surface area (Å²) in [5.74, 6) is 1.52. The third kappa shape index (κ3) is 3.11. The molecule has 0 aromatic heterocycles. The van der Waals surface area contributed by atoms with E-state index in [0.717, 1.165) is 22.7 Å². The van der Waals surface area contributed by atoms with E-state index in [1.165, 1.54) is 0 Å². The van der Waals surface area contributed by atoms with Crippen molar-refractivity contribution >= 4 is 28.9 Å². The fourth-order valence-electron chi connectivity index (χ4n) is 2.90. The lowest BCUT2D eigenvalue weighted by Crippen LogP contribution is -2.51. The van der Waals surface area contributed by atoms with Crippen LogP contribution in [0.15, 0.2) is 42.5 Å². The van der Waals surface area contributed by atoms with Crippen LogP contribution in [0.5, 0.6) is 17.2 Å². The number of hydrogen-bond acceptors (Lipinski definition) is 5.